The van der Waals surface area contributed by atoms with E-state index in [2.05, 4.69) is 4.98 Å². The van der Waals surface area contributed by atoms with Gasteiger partial charge in [-0.2, -0.15) is 0 Å². The van der Waals surface area contributed by atoms with E-state index < -0.39 is 17.2 Å². The number of nitrogen functional groups attached to an aromatic ring is 1. The first kappa shape index (κ1) is 21.9. The number of hydrogen-bond donors (Lipinski definition) is 2. The number of rotatable bonds is 7. The topological polar surface area (TPSA) is 114 Å². The highest BCUT2D eigenvalue weighted by Gasteiger charge is 2.29. The van der Waals surface area contributed by atoms with Crippen molar-refractivity contribution in [2.75, 3.05) is 10.6 Å². The Morgan fingerprint density at radius 1 is 1.25 bits per heavy atom. The van der Waals surface area contributed by atoms with Crippen molar-refractivity contribution < 1.29 is 9.21 Å². The zero-order valence-electron chi connectivity index (χ0n) is 17.3. The van der Waals surface area contributed by atoms with Gasteiger partial charge >= 0.3 is 5.69 Å². The van der Waals surface area contributed by atoms with Crippen LogP contribution in [-0.2, 0) is 13.1 Å². The number of halogens is 1. The molecular weight excluding hydrogens is 452 g/mol. The molecule has 3 heterocycles. The summed E-state index contributed by atoms with van der Waals surface area (Å²) < 4.78 is 7.53. The van der Waals surface area contributed by atoms with E-state index in [0.29, 0.717) is 23.7 Å². The normalized spacial score (nSPS) is 11.2. The minimum atomic E-state index is -0.752. The van der Waals surface area contributed by atoms with Crippen LogP contribution in [0.5, 0.6) is 0 Å². The molecule has 0 spiro atoms. The van der Waals surface area contributed by atoms with Gasteiger partial charge in [0.25, 0.3) is 11.5 Å². The van der Waals surface area contributed by atoms with Crippen molar-refractivity contribution in [2.24, 2.45) is 0 Å². The minimum Gasteiger partial charge on any atom is -0.467 e. The van der Waals surface area contributed by atoms with Crippen molar-refractivity contribution in [3.63, 3.8) is 0 Å². The summed E-state index contributed by atoms with van der Waals surface area (Å²) in [6.45, 7) is 2.23. The highest BCUT2D eigenvalue weighted by Crippen LogP contribution is 2.37. The summed E-state index contributed by atoms with van der Waals surface area (Å²) in [6.07, 6.45) is 2.98. The molecule has 0 atom stereocenters. The second-order valence-corrected chi connectivity index (χ2v) is 8.64. The van der Waals surface area contributed by atoms with Gasteiger partial charge in [-0.05, 0) is 24.6 Å². The summed E-state index contributed by atoms with van der Waals surface area (Å²) in [7, 11) is 0. The van der Waals surface area contributed by atoms with Crippen LogP contribution >= 0.6 is 22.9 Å². The SMILES string of the molecule is CCCCn1c(N)c(N(Cc2ccco2)C(=O)c2sc3ccccc3c2Cl)c(=O)[nH]c1=O. The second-order valence-electron chi connectivity index (χ2n) is 7.21. The molecule has 0 radical (unpaired) electrons. The number of fused-ring (bicyclic) bond motifs is 1. The van der Waals surface area contributed by atoms with Crippen molar-refractivity contribution >= 4 is 50.4 Å². The lowest BCUT2D eigenvalue weighted by molar-refractivity contribution is 0.0987. The third-order valence-electron chi connectivity index (χ3n) is 5.09. The number of anilines is 2. The lowest BCUT2D eigenvalue weighted by atomic mass is 10.2. The molecule has 4 rings (SSSR count). The maximum Gasteiger partial charge on any atom is 0.330 e. The van der Waals surface area contributed by atoms with E-state index in [0.717, 1.165) is 16.5 Å². The molecule has 8 nitrogen and oxygen atoms in total. The molecule has 166 valence electrons. The van der Waals surface area contributed by atoms with Crippen molar-refractivity contribution in [1.29, 1.82) is 0 Å². The van der Waals surface area contributed by atoms with Gasteiger partial charge in [0.15, 0.2) is 5.69 Å². The van der Waals surface area contributed by atoms with Crippen LogP contribution in [0.25, 0.3) is 10.1 Å². The van der Waals surface area contributed by atoms with Gasteiger partial charge in [0, 0.05) is 16.6 Å². The number of nitrogens with one attached hydrogen (secondary N) is 1. The van der Waals surface area contributed by atoms with Gasteiger partial charge in [-0.3, -0.25) is 24.0 Å². The van der Waals surface area contributed by atoms with Gasteiger partial charge in [0.05, 0.1) is 17.8 Å². The summed E-state index contributed by atoms with van der Waals surface area (Å²) >= 11 is 7.76. The number of thiophene rings is 1. The molecule has 0 aliphatic heterocycles. The number of amides is 1. The molecule has 3 aromatic heterocycles. The first-order chi connectivity index (χ1) is 15.4. The van der Waals surface area contributed by atoms with Gasteiger partial charge in [-0.25, -0.2) is 4.79 Å². The lowest BCUT2D eigenvalue weighted by Gasteiger charge is -2.23. The Bertz CT molecular complexity index is 1390. The molecule has 3 N–H and O–H groups in total. The maximum absolute atomic E-state index is 13.7. The van der Waals surface area contributed by atoms with E-state index >= 15 is 0 Å². The molecular formula is C22H21ClN4O4S. The number of furan rings is 1. The fourth-order valence-electron chi connectivity index (χ4n) is 3.46. The molecule has 32 heavy (non-hydrogen) atoms. The number of nitrogens with two attached hydrogens (primary N) is 1. The van der Waals surface area contributed by atoms with Gasteiger partial charge in [-0.1, -0.05) is 43.1 Å². The van der Waals surface area contributed by atoms with E-state index in [-0.39, 0.29) is 22.9 Å². The van der Waals surface area contributed by atoms with E-state index in [4.69, 9.17) is 21.8 Å². The Kier molecular flexibility index (Phi) is 6.20. The first-order valence-corrected chi connectivity index (χ1v) is 11.3. The zero-order valence-corrected chi connectivity index (χ0v) is 18.8. The van der Waals surface area contributed by atoms with E-state index in [1.165, 1.54) is 27.1 Å². The number of carbonyl (C=O) groups excluding carboxylic acids is 1. The standard InChI is InChI=1S/C22H21ClN4O4S/c1-2-3-10-26-19(24)17(20(28)25-22(26)30)27(12-13-7-6-11-31-13)21(29)18-16(23)14-8-4-5-9-15(14)32-18/h4-9,11H,2-3,10,12,24H2,1H3,(H,25,28,30). The lowest BCUT2D eigenvalue weighted by Crippen LogP contribution is -2.40. The molecule has 10 heteroatoms. The fourth-order valence-corrected chi connectivity index (χ4v) is 4.92. The van der Waals surface area contributed by atoms with E-state index in [1.807, 2.05) is 31.2 Å². The average Bonchev–Trinajstić information content (AvgIpc) is 3.40. The third kappa shape index (κ3) is 3.96. The van der Waals surface area contributed by atoms with Crippen molar-refractivity contribution in [2.45, 2.75) is 32.9 Å². The molecule has 1 amide bonds. The van der Waals surface area contributed by atoms with Gasteiger partial charge in [0.2, 0.25) is 0 Å². The van der Waals surface area contributed by atoms with Crippen molar-refractivity contribution in [3.8, 4) is 0 Å². The van der Waals surface area contributed by atoms with Crippen LogP contribution in [0.3, 0.4) is 0 Å². The third-order valence-corrected chi connectivity index (χ3v) is 6.75. The van der Waals surface area contributed by atoms with Crippen LogP contribution in [0.1, 0.15) is 35.2 Å². The Morgan fingerprint density at radius 2 is 2.03 bits per heavy atom. The largest absolute Gasteiger partial charge is 0.467 e. The predicted molar refractivity (Wildman–Crippen MR) is 127 cm³/mol. The highest BCUT2D eigenvalue weighted by molar-refractivity contribution is 7.21. The van der Waals surface area contributed by atoms with Crippen LogP contribution in [-0.4, -0.2) is 15.5 Å². The van der Waals surface area contributed by atoms with Crippen molar-refractivity contribution in [3.05, 3.63) is 79.2 Å². The van der Waals surface area contributed by atoms with Gasteiger partial charge < -0.3 is 10.2 Å². The quantitative estimate of drug-likeness (QED) is 0.417. The van der Waals surface area contributed by atoms with Crippen LogP contribution in [0.4, 0.5) is 11.5 Å². The Labute approximate surface area is 191 Å². The molecule has 0 saturated heterocycles. The summed E-state index contributed by atoms with van der Waals surface area (Å²) in [4.78, 5) is 42.7. The number of benzene rings is 1. The van der Waals surface area contributed by atoms with E-state index in [9.17, 15) is 14.4 Å². The number of hydrogen-bond acceptors (Lipinski definition) is 6. The molecule has 0 aliphatic rings. The number of carbonyl (C=O) groups is 1. The smallest absolute Gasteiger partial charge is 0.330 e. The van der Waals surface area contributed by atoms with Crippen LogP contribution < -0.4 is 21.9 Å². The minimum absolute atomic E-state index is 0.0599. The Hall–Kier alpha value is -3.30. The number of aromatic nitrogens is 2. The highest BCUT2D eigenvalue weighted by atomic mass is 35.5. The maximum atomic E-state index is 13.7. The monoisotopic (exact) mass is 472 g/mol. The molecule has 0 bridgehead atoms. The Morgan fingerprint density at radius 3 is 2.72 bits per heavy atom. The number of H-pyrrole nitrogens is 1. The molecule has 0 unspecified atom stereocenters. The molecule has 0 saturated carbocycles. The molecule has 4 aromatic rings. The predicted octanol–water partition coefficient (Wildman–Crippen LogP) is 4.23. The van der Waals surface area contributed by atoms with Gasteiger partial charge in [-0.15, -0.1) is 11.3 Å². The number of aromatic amines is 1. The average molecular weight is 473 g/mol. The summed E-state index contributed by atoms with van der Waals surface area (Å²) in [6, 6.07) is 10.8. The zero-order chi connectivity index (χ0) is 22.8. The second kappa shape index (κ2) is 9.05. The van der Waals surface area contributed by atoms with Gasteiger partial charge in [0.1, 0.15) is 16.5 Å². The molecule has 1 aromatic carbocycles. The summed E-state index contributed by atoms with van der Waals surface area (Å²) in [5, 5.41) is 1.05. The van der Waals surface area contributed by atoms with E-state index in [1.54, 1.807) is 12.1 Å². The number of unbranched alkanes of at least 4 members (excludes halogenated alkanes) is 1. The van der Waals surface area contributed by atoms with Crippen molar-refractivity contribution in [1.82, 2.24) is 9.55 Å². The molecule has 0 fully saturated rings. The van der Waals surface area contributed by atoms with Crippen LogP contribution in [0.2, 0.25) is 5.02 Å². The number of nitrogens with zero attached hydrogens (tertiary/aromatic N) is 2. The van der Waals surface area contributed by atoms with Crippen LogP contribution in [0.15, 0.2) is 56.7 Å². The Balaban J connectivity index is 1.88. The van der Waals surface area contributed by atoms with Crippen LogP contribution in [0, 0.1) is 0 Å². The fraction of sp³-hybridized carbons (Fsp3) is 0.227. The molecule has 0 aliphatic carbocycles. The summed E-state index contributed by atoms with van der Waals surface area (Å²) in [5.74, 6) is -0.143. The first-order valence-electron chi connectivity index (χ1n) is 10.1. The summed E-state index contributed by atoms with van der Waals surface area (Å²) in [5.41, 5.74) is 4.79.